The van der Waals surface area contributed by atoms with Gasteiger partial charge in [0.2, 0.25) is 6.29 Å². The maximum Gasteiger partial charge on any atom is 0.226 e. The molecule has 1 fully saturated rings. The summed E-state index contributed by atoms with van der Waals surface area (Å²) >= 11 is 1.90. The Balaban J connectivity index is 1.79. The quantitative estimate of drug-likeness (QED) is 0.428. The van der Waals surface area contributed by atoms with Gasteiger partial charge in [0.1, 0.15) is 11.9 Å². The van der Waals surface area contributed by atoms with Crippen LogP contribution in [0.25, 0.3) is 0 Å². The van der Waals surface area contributed by atoms with Gasteiger partial charge in [0, 0.05) is 4.90 Å². The summed E-state index contributed by atoms with van der Waals surface area (Å²) in [6.45, 7) is 4.23. The van der Waals surface area contributed by atoms with E-state index in [4.69, 9.17) is 9.47 Å². The van der Waals surface area contributed by atoms with Crippen LogP contribution in [0.5, 0.6) is 5.75 Å². The summed E-state index contributed by atoms with van der Waals surface area (Å²) in [4.78, 5) is 1.31. The van der Waals surface area contributed by atoms with Crippen molar-refractivity contribution < 1.29 is 9.47 Å². The minimum absolute atomic E-state index is 0.0291. The van der Waals surface area contributed by atoms with E-state index in [2.05, 4.69) is 19.1 Å². The third-order valence-corrected chi connectivity index (χ3v) is 3.60. The molecule has 16 heavy (non-hydrogen) atoms. The molecular formula is C13H18O2S. The Morgan fingerprint density at radius 1 is 1.31 bits per heavy atom. The molecule has 0 aromatic heterocycles. The molecule has 1 aliphatic rings. The van der Waals surface area contributed by atoms with Crippen molar-refractivity contribution in [3.05, 3.63) is 24.3 Å². The number of hydrogen-bond acceptors (Lipinski definition) is 3. The fourth-order valence-corrected chi connectivity index (χ4v) is 2.37. The highest BCUT2D eigenvalue weighted by Gasteiger charge is 2.36. The first kappa shape index (κ1) is 11.8. The van der Waals surface area contributed by atoms with Crippen LogP contribution >= 0.6 is 11.8 Å². The van der Waals surface area contributed by atoms with E-state index in [-0.39, 0.29) is 12.4 Å². The van der Waals surface area contributed by atoms with Gasteiger partial charge < -0.3 is 9.47 Å². The lowest BCUT2D eigenvalue weighted by atomic mass is 10.3. The minimum Gasteiger partial charge on any atom is -0.462 e. The fourth-order valence-electron chi connectivity index (χ4n) is 1.37. The topological polar surface area (TPSA) is 21.8 Å². The van der Waals surface area contributed by atoms with E-state index < -0.39 is 0 Å². The number of unbranched alkanes of at least 4 members (excludes halogenated alkanes) is 1. The fraction of sp³-hybridized carbons (Fsp3) is 0.538. The van der Waals surface area contributed by atoms with Gasteiger partial charge in [0.25, 0.3) is 0 Å². The minimum atomic E-state index is -0.0291. The first-order valence-corrected chi connectivity index (χ1v) is 6.83. The molecular weight excluding hydrogens is 220 g/mol. The first-order chi connectivity index (χ1) is 7.79. The maximum absolute atomic E-state index is 5.59. The molecule has 1 aliphatic heterocycles. The molecule has 0 N–H and O–H groups in total. The summed E-state index contributed by atoms with van der Waals surface area (Å²) in [6, 6.07) is 8.26. The summed E-state index contributed by atoms with van der Waals surface area (Å²) in [5, 5.41) is 0. The van der Waals surface area contributed by atoms with E-state index in [9.17, 15) is 0 Å². The average Bonchev–Trinajstić information content (AvgIpc) is 2.97. The van der Waals surface area contributed by atoms with Crippen molar-refractivity contribution in [2.75, 3.05) is 5.75 Å². The largest absolute Gasteiger partial charge is 0.462 e. The standard InChI is InChI=1S/C13H18O2S/c1-3-4-9-16-12-7-5-11(6-8-12)15-13-10(2)14-13/h5-8,10,13H,3-4,9H2,1-2H3. The van der Waals surface area contributed by atoms with Crippen LogP contribution in [-0.4, -0.2) is 18.1 Å². The van der Waals surface area contributed by atoms with Crippen molar-refractivity contribution in [3.63, 3.8) is 0 Å². The molecule has 0 radical (unpaired) electrons. The van der Waals surface area contributed by atoms with Crippen molar-refractivity contribution in [3.8, 4) is 5.75 Å². The van der Waals surface area contributed by atoms with Gasteiger partial charge in [-0.05, 0) is 43.4 Å². The number of hydrogen-bond donors (Lipinski definition) is 0. The molecule has 1 aromatic rings. The van der Waals surface area contributed by atoms with E-state index in [0.717, 1.165) is 5.75 Å². The Bertz CT molecular complexity index is 323. The highest BCUT2D eigenvalue weighted by Crippen LogP contribution is 2.27. The summed E-state index contributed by atoms with van der Waals surface area (Å²) in [5.74, 6) is 2.09. The van der Waals surface area contributed by atoms with Crippen molar-refractivity contribution >= 4 is 11.8 Å². The lowest BCUT2D eigenvalue weighted by molar-refractivity contribution is 0.178. The van der Waals surface area contributed by atoms with Gasteiger partial charge in [-0.3, -0.25) is 0 Å². The number of rotatable bonds is 6. The molecule has 0 aliphatic carbocycles. The summed E-state index contributed by atoms with van der Waals surface area (Å²) in [5.41, 5.74) is 0. The van der Waals surface area contributed by atoms with E-state index in [1.807, 2.05) is 30.8 Å². The number of thioether (sulfide) groups is 1. The van der Waals surface area contributed by atoms with Crippen LogP contribution in [0, 0.1) is 0 Å². The molecule has 0 amide bonds. The zero-order valence-corrected chi connectivity index (χ0v) is 10.6. The van der Waals surface area contributed by atoms with Gasteiger partial charge in [0.05, 0.1) is 0 Å². The van der Waals surface area contributed by atoms with Crippen LogP contribution in [0.3, 0.4) is 0 Å². The number of epoxide rings is 1. The second kappa shape index (κ2) is 5.60. The van der Waals surface area contributed by atoms with Crippen molar-refractivity contribution in [2.45, 2.75) is 44.0 Å². The predicted molar refractivity (Wildman–Crippen MR) is 67.0 cm³/mol. The van der Waals surface area contributed by atoms with Gasteiger partial charge in [-0.25, -0.2) is 0 Å². The van der Waals surface area contributed by atoms with E-state index in [1.165, 1.54) is 23.5 Å². The molecule has 2 atom stereocenters. The maximum atomic E-state index is 5.59. The molecule has 0 spiro atoms. The molecule has 2 nitrogen and oxygen atoms in total. The van der Waals surface area contributed by atoms with Crippen LogP contribution in [0.4, 0.5) is 0 Å². The van der Waals surface area contributed by atoms with Crippen LogP contribution in [-0.2, 0) is 4.74 Å². The zero-order valence-electron chi connectivity index (χ0n) is 9.81. The van der Waals surface area contributed by atoms with Gasteiger partial charge in [-0.1, -0.05) is 13.3 Å². The average molecular weight is 238 g/mol. The molecule has 1 aromatic carbocycles. The van der Waals surface area contributed by atoms with Crippen LogP contribution < -0.4 is 4.74 Å². The molecule has 0 saturated carbocycles. The molecule has 2 rings (SSSR count). The van der Waals surface area contributed by atoms with Crippen molar-refractivity contribution in [1.82, 2.24) is 0 Å². The molecule has 3 heteroatoms. The Kier molecular flexibility index (Phi) is 4.13. The lowest BCUT2D eigenvalue weighted by Gasteiger charge is -2.04. The smallest absolute Gasteiger partial charge is 0.226 e. The Morgan fingerprint density at radius 2 is 2.00 bits per heavy atom. The molecule has 88 valence electrons. The summed E-state index contributed by atoms with van der Waals surface area (Å²) in [7, 11) is 0. The second-order valence-electron chi connectivity index (χ2n) is 4.00. The predicted octanol–water partition coefficient (Wildman–Crippen LogP) is 3.70. The highest BCUT2D eigenvalue weighted by molar-refractivity contribution is 7.99. The van der Waals surface area contributed by atoms with Gasteiger partial charge >= 0.3 is 0 Å². The third-order valence-electron chi connectivity index (χ3n) is 2.50. The van der Waals surface area contributed by atoms with E-state index in [0.29, 0.717) is 0 Å². The molecule has 1 heterocycles. The monoisotopic (exact) mass is 238 g/mol. The van der Waals surface area contributed by atoms with Gasteiger partial charge in [-0.2, -0.15) is 0 Å². The highest BCUT2D eigenvalue weighted by atomic mass is 32.2. The summed E-state index contributed by atoms with van der Waals surface area (Å²) < 4.78 is 10.8. The second-order valence-corrected chi connectivity index (χ2v) is 5.17. The molecule has 1 saturated heterocycles. The van der Waals surface area contributed by atoms with E-state index >= 15 is 0 Å². The zero-order chi connectivity index (χ0) is 11.4. The van der Waals surface area contributed by atoms with Gasteiger partial charge in [0.15, 0.2) is 0 Å². The number of benzene rings is 1. The SMILES string of the molecule is CCCCSc1ccc(OC2OC2C)cc1. The Morgan fingerprint density at radius 3 is 2.56 bits per heavy atom. The Hall–Kier alpha value is -0.670. The van der Waals surface area contributed by atoms with E-state index in [1.54, 1.807) is 0 Å². The first-order valence-electron chi connectivity index (χ1n) is 5.84. The van der Waals surface area contributed by atoms with Crippen LogP contribution in [0.15, 0.2) is 29.2 Å². The normalized spacial score (nSPS) is 23.1. The number of ether oxygens (including phenoxy) is 2. The third kappa shape index (κ3) is 3.42. The molecule has 0 bridgehead atoms. The lowest BCUT2D eigenvalue weighted by Crippen LogP contribution is -2.00. The van der Waals surface area contributed by atoms with Crippen LogP contribution in [0.1, 0.15) is 26.7 Å². The Labute approximate surface area is 101 Å². The molecule has 2 unspecified atom stereocenters. The van der Waals surface area contributed by atoms with Gasteiger partial charge in [-0.15, -0.1) is 11.8 Å². The van der Waals surface area contributed by atoms with Crippen molar-refractivity contribution in [1.29, 1.82) is 0 Å². The summed E-state index contributed by atoms with van der Waals surface area (Å²) in [6.07, 6.45) is 2.75. The van der Waals surface area contributed by atoms with Crippen LogP contribution in [0.2, 0.25) is 0 Å². The van der Waals surface area contributed by atoms with Crippen molar-refractivity contribution in [2.24, 2.45) is 0 Å².